The van der Waals surface area contributed by atoms with Gasteiger partial charge in [0.2, 0.25) is 18.6 Å². The second-order valence-corrected chi connectivity index (χ2v) is 6.45. The van der Waals surface area contributed by atoms with Crippen molar-refractivity contribution in [1.29, 1.82) is 0 Å². The molecule has 6 heteroatoms. The van der Waals surface area contributed by atoms with E-state index < -0.39 is 5.41 Å². The van der Waals surface area contributed by atoms with E-state index in [9.17, 15) is 9.59 Å². The Morgan fingerprint density at radius 1 is 1.13 bits per heavy atom. The van der Waals surface area contributed by atoms with Gasteiger partial charge >= 0.3 is 0 Å². The number of ether oxygens (including phenoxy) is 2. The van der Waals surface area contributed by atoms with Gasteiger partial charge in [0.15, 0.2) is 11.5 Å². The van der Waals surface area contributed by atoms with Crippen LogP contribution < -0.4 is 14.8 Å². The molecule has 0 radical (unpaired) electrons. The summed E-state index contributed by atoms with van der Waals surface area (Å²) in [4.78, 5) is 26.9. The number of likely N-dealkylation sites (tertiary alicyclic amines) is 1. The summed E-state index contributed by atoms with van der Waals surface area (Å²) in [7, 11) is 0. The maximum absolute atomic E-state index is 12.6. The van der Waals surface area contributed by atoms with E-state index in [0.717, 1.165) is 37.2 Å². The van der Waals surface area contributed by atoms with Gasteiger partial charge < -0.3 is 19.7 Å². The van der Waals surface area contributed by atoms with Crippen molar-refractivity contribution in [3.8, 4) is 11.5 Å². The average molecular weight is 316 g/mol. The largest absolute Gasteiger partial charge is 0.454 e. The van der Waals surface area contributed by atoms with E-state index in [2.05, 4.69) is 5.32 Å². The first-order valence-electron chi connectivity index (χ1n) is 8.15. The van der Waals surface area contributed by atoms with E-state index in [-0.39, 0.29) is 18.6 Å². The number of carbonyl (C=O) groups excluding carboxylic acids is 2. The summed E-state index contributed by atoms with van der Waals surface area (Å²) >= 11 is 0. The van der Waals surface area contributed by atoms with E-state index in [1.54, 1.807) is 0 Å². The lowest BCUT2D eigenvalue weighted by atomic mass is 10.0. The number of rotatable bonds is 4. The number of hydrogen-bond donors (Lipinski definition) is 1. The highest BCUT2D eigenvalue weighted by atomic mass is 16.7. The zero-order valence-corrected chi connectivity index (χ0v) is 13.0. The molecule has 2 amide bonds. The maximum atomic E-state index is 12.6. The molecular weight excluding hydrogens is 296 g/mol. The molecule has 0 aromatic heterocycles. The van der Waals surface area contributed by atoms with Gasteiger partial charge in [0, 0.05) is 19.6 Å². The summed E-state index contributed by atoms with van der Waals surface area (Å²) < 4.78 is 10.6. The molecule has 0 unspecified atom stereocenters. The van der Waals surface area contributed by atoms with E-state index in [0.29, 0.717) is 25.1 Å². The Hall–Kier alpha value is -2.24. The molecule has 1 aromatic rings. The number of hydrogen-bond acceptors (Lipinski definition) is 4. The van der Waals surface area contributed by atoms with Crippen LogP contribution in [0.3, 0.4) is 0 Å². The van der Waals surface area contributed by atoms with E-state index >= 15 is 0 Å². The second kappa shape index (κ2) is 5.44. The summed E-state index contributed by atoms with van der Waals surface area (Å²) in [5, 5.41) is 2.91. The number of nitrogens with one attached hydrogen (secondary N) is 1. The molecule has 0 bridgehead atoms. The summed E-state index contributed by atoms with van der Waals surface area (Å²) in [6, 6.07) is 5.60. The summed E-state index contributed by atoms with van der Waals surface area (Å²) in [6.07, 6.45) is 3.41. The number of nitrogens with zero attached hydrogens (tertiary/aromatic N) is 1. The maximum Gasteiger partial charge on any atom is 0.238 e. The Balaban J connectivity index is 1.39. The van der Waals surface area contributed by atoms with Crippen LogP contribution in [0.4, 0.5) is 0 Å². The standard InChI is InChI=1S/C17H20N2O4/c20-15(17(5-6-17)16(21)19-7-1-2-8-19)18-10-12-3-4-13-14(9-12)23-11-22-13/h3-4,9H,1-2,5-8,10-11H2,(H,18,20). The van der Waals surface area contributed by atoms with Crippen molar-refractivity contribution >= 4 is 11.8 Å². The molecule has 2 aliphatic heterocycles. The fraction of sp³-hybridized carbons (Fsp3) is 0.529. The molecule has 2 heterocycles. The normalized spacial score (nSPS) is 20.4. The van der Waals surface area contributed by atoms with E-state index in [4.69, 9.17) is 9.47 Å². The first-order chi connectivity index (χ1) is 11.2. The third-order valence-electron chi connectivity index (χ3n) is 4.88. The van der Waals surface area contributed by atoms with Crippen LogP contribution in [0, 0.1) is 5.41 Å². The molecule has 1 N–H and O–H groups in total. The van der Waals surface area contributed by atoms with Gasteiger partial charge in [0.05, 0.1) is 0 Å². The molecule has 1 saturated heterocycles. The predicted molar refractivity (Wildman–Crippen MR) is 81.9 cm³/mol. The van der Waals surface area contributed by atoms with Gasteiger partial charge in [-0.1, -0.05) is 6.07 Å². The molecule has 23 heavy (non-hydrogen) atoms. The molecule has 0 atom stereocenters. The number of amides is 2. The van der Waals surface area contributed by atoms with Gasteiger partial charge in [-0.15, -0.1) is 0 Å². The van der Waals surface area contributed by atoms with Crippen LogP contribution in [0.25, 0.3) is 0 Å². The van der Waals surface area contributed by atoms with Gasteiger partial charge in [0.1, 0.15) is 5.41 Å². The fourth-order valence-corrected chi connectivity index (χ4v) is 3.29. The number of fused-ring (bicyclic) bond motifs is 1. The first-order valence-corrected chi connectivity index (χ1v) is 8.15. The Labute approximate surface area is 134 Å². The summed E-state index contributed by atoms with van der Waals surface area (Å²) in [6.45, 7) is 2.20. The highest BCUT2D eigenvalue weighted by Gasteiger charge is 2.58. The van der Waals surface area contributed by atoms with Crippen molar-refractivity contribution in [1.82, 2.24) is 10.2 Å². The highest BCUT2D eigenvalue weighted by molar-refractivity contribution is 6.07. The average Bonchev–Trinajstić information content (AvgIpc) is 3.00. The topological polar surface area (TPSA) is 67.9 Å². The molecule has 6 nitrogen and oxygen atoms in total. The second-order valence-electron chi connectivity index (χ2n) is 6.45. The Morgan fingerprint density at radius 2 is 1.87 bits per heavy atom. The smallest absolute Gasteiger partial charge is 0.238 e. The monoisotopic (exact) mass is 316 g/mol. The number of carbonyl (C=O) groups is 2. The Kier molecular flexibility index (Phi) is 3.39. The third-order valence-corrected chi connectivity index (χ3v) is 4.88. The van der Waals surface area contributed by atoms with Crippen LogP contribution in [-0.4, -0.2) is 36.6 Å². The minimum atomic E-state index is -0.805. The van der Waals surface area contributed by atoms with Crippen molar-refractivity contribution < 1.29 is 19.1 Å². The van der Waals surface area contributed by atoms with Crippen LogP contribution in [0.5, 0.6) is 11.5 Å². The molecule has 1 saturated carbocycles. The van der Waals surface area contributed by atoms with Gasteiger partial charge in [-0.3, -0.25) is 9.59 Å². The Bertz CT molecular complexity index is 648. The van der Waals surface area contributed by atoms with Crippen LogP contribution in [0.2, 0.25) is 0 Å². The van der Waals surface area contributed by atoms with Crippen LogP contribution in [0.15, 0.2) is 18.2 Å². The lowest BCUT2D eigenvalue weighted by molar-refractivity contribution is -0.143. The van der Waals surface area contributed by atoms with E-state index in [1.165, 1.54) is 0 Å². The lowest BCUT2D eigenvalue weighted by Crippen LogP contribution is -2.44. The van der Waals surface area contributed by atoms with Crippen LogP contribution >= 0.6 is 0 Å². The summed E-state index contributed by atoms with van der Waals surface area (Å²) in [5.41, 5.74) is 0.132. The molecule has 2 fully saturated rings. The molecule has 1 aliphatic carbocycles. The van der Waals surface area contributed by atoms with Crippen molar-refractivity contribution in [3.63, 3.8) is 0 Å². The van der Waals surface area contributed by atoms with Crippen molar-refractivity contribution in [2.45, 2.75) is 32.2 Å². The molecule has 4 rings (SSSR count). The van der Waals surface area contributed by atoms with E-state index in [1.807, 2.05) is 23.1 Å². The van der Waals surface area contributed by atoms with Gasteiger partial charge in [-0.05, 0) is 43.4 Å². The fourth-order valence-electron chi connectivity index (χ4n) is 3.29. The summed E-state index contributed by atoms with van der Waals surface area (Å²) in [5.74, 6) is 1.29. The van der Waals surface area contributed by atoms with Gasteiger partial charge in [-0.2, -0.15) is 0 Å². The highest BCUT2D eigenvalue weighted by Crippen LogP contribution is 2.48. The molecule has 1 aromatic carbocycles. The number of benzene rings is 1. The minimum Gasteiger partial charge on any atom is -0.454 e. The molecule has 0 spiro atoms. The minimum absolute atomic E-state index is 0.0122. The third kappa shape index (κ3) is 2.52. The van der Waals surface area contributed by atoms with Gasteiger partial charge in [0.25, 0.3) is 0 Å². The molecule has 3 aliphatic rings. The zero-order chi connectivity index (χ0) is 15.9. The molecule has 122 valence electrons. The van der Waals surface area contributed by atoms with Crippen LogP contribution in [0.1, 0.15) is 31.2 Å². The predicted octanol–water partition coefficient (Wildman–Crippen LogP) is 1.43. The first kappa shape index (κ1) is 14.4. The van der Waals surface area contributed by atoms with Gasteiger partial charge in [-0.25, -0.2) is 0 Å². The van der Waals surface area contributed by atoms with Crippen molar-refractivity contribution in [2.24, 2.45) is 5.41 Å². The molecular formula is C17H20N2O4. The van der Waals surface area contributed by atoms with Crippen molar-refractivity contribution in [3.05, 3.63) is 23.8 Å². The Morgan fingerprint density at radius 3 is 2.61 bits per heavy atom. The quantitative estimate of drug-likeness (QED) is 0.854. The van der Waals surface area contributed by atoms with Crippen molar-refractivity contribution in [2.75, 3.05) is 19.9 Å². The SMILES string of the molecule is O=C(NCc1ccc2c(c1)OCO2)C1(C(=O)N2CCCC2)CC1. The zero-order valence-electron chi connectivity index (χ0n) is 13.0. The lowest BCUT2D eigenvalue weighted by Gasteiger charge is -2.22. The van der Waals surface area contributed by atoms with Crippen LogP contribution in [-0.2, 0) is 16.1 Å².